The molecule has 2 aromatic heterocycles. The van der Waals surface area contributed by atoms with Crippen LogP contribution in [0.4, 0.5) is 36.4 Å². The summed E-state index contributed by atoms with van der Waals surface area (Å²) in [5, 5.41) is 4.17. The maximum absolute atomic E-state index is 13.7. The number of benzene rings is 1. The zero-order chi connectivity index (χ0) is 26.7. The molecule has 1 N–H and O–H groups in total. The Morgan fingerprint density at radius 1 is 1.00 bits per heavy atom. The first-order valence-corrected chi connectivity index (χ1v) is 12.5. The molecule has 198 valence electrons. The number of likely N-dealkylation sites (N-methyl/N-ethyl adjacent to an activating group) is 2. The maximum Gasteiger partial charge on any atom is 0.419 e. The first-order valence-electron chi connectivity index (χ1n) is 11.8. The zero-order valence-electron chi connectivity index (χ0n) is 20.8. The number of aromatic nitrogens is 3. The molecule has 0 aliphatic carbocycles. The fourth-order valence-corrected chi connectivity index (χ4v) is 4.40. The Bertz CT molecular complexity index is 1250. The number of hydrogen-bond donors (Lipinski definition) is 1. The molecule has 0 radical (unpaired) electrons. The Morgan fingerprint density at radius 3 is 2.46 bits per heavy atom. The summed E-state index contributed by atoms with van der Waals surface area (Å²) in [4.78, 5) is 19.4. The lowest BCUT2D eigenvalue weighted by Gasteiger charge is -2.24. The second-order valence-corrected chi connectivity index (χ2v) is 9.95. The molecule has 0 fully saturated rings. The monoisotopic (exact) mass is 553 g/mol. The summed E-state index contributed by atoms with van der Waals surface area (Å²) in [6, 6.07) is 7.57. The van der Waals surface area contributed by atoms with E-state index < -0.39 is 11.7 Å². The predicted octanol–water partition coefficient (Wildman–Crippen LogP) is 5.54. The van der Waals surface area contributed by atoms with Crippen molar-refractivity contribution in [3.63, 3.8) is 0 Å². The van der Waals surface area contributed by atoms with E-state index in [-0.39, 0.29) is 5.82 Å². The van der Waals surface area contributed by atoms with Gasteiger partial charge >= 0.3 is 6.18 Å². The van der Waals surface area contributed by atoms with Gasteiger partial charge in [-0.1, -0.05) is 23.2 Å². The minimum Gasteiger partial charge on any atom is -0.355 e. The molecule has 3 aromatic rings. The van der Waals surface area contributed by atoms with Gasteiger partial charge in [0.25, 0.3) is 0 Å². The fourth-order valence-electron chi connectivity index (χ4n) is 4.10. The number of fused-ring (bicyclic) bond motifs is 1. The highest BCUT2D eigenvalue weighted by Crippen LogP contribution is 2.36. The van der Waals surface area contributed by atoms with E-state index in [0.29, 0.717) is 60.0 Å². The quantitative estimate of drug-likeness (QED) is 0.412. The second-order valence-electron chi connectivity index (χ2n) is 9.14. The van der Waals surface area contributed by atoms with Gasteiger partial charge in [-0.05, 0) is 50.8 Å². The van der Waals surface area contributed by atoms with Gasteiger partial charge in [0.05, 0.1) is 21.3 Å². The van der Waals surface area contributed by atoms with Gasteiger partial charge in [-0.15, -0.1) is 0 Å². The van der Waals surface area contributed by atoms with Gasteiger partial charge in [0.1, 0.15) is 11.6 Å². The van der Waals surface area contributed by atoms with Crippen molar-refractivity contribution in [2.75, 3.05) is 62.4 Å². The summed E-state index contributed by atoms with van der Waals surface area (Å²) in [6.45, 7) is 2.19. The third-order valence-electron chi connectivity index (χ3n) is 6.13. The van der Waals surface area contributed by atoms with Crippen LogP contribution < -0.4 is 15.1 Å². The summed E-state index contributed by atoms with van der Waals surface area (Å²) < 4.78 is 41.0. The average Bonchev–Trinajstić information content (AvgIpc) is 3.07. The normalized spacial score (nSPS) is 13.9. The van der Waals surface area contributed by atoms with Crippen molar-refractivity contribution in [2.24, 2.45) is 0 Å². The van der Waals surface area contributed by atoms with Crippen LogP contribution in [-0.4, -0.2) is 67.2 Å². The molecule has 3 heterocycles. The number of nitrogens with zero attached hydrogens (tertiary/aromatic N) is 6. The Morgan fingerprint density at radius 2 is 1.76 bits per heavy atom. The number of alkyl halides is 3. The lowest BCUT2D eigenvalue weighted by molar-refractivity contribution is -0.137. The van der Waals surface area contributed by atoms with Gasteiger partial charge in [0.2, 0.25) is 5.95 Å². The van der Waals surface area contributed by atoms with Crippen LogP contribution in [0.15, 0.2) is 36.5 Å². The number of hydrogen-bond acceptors (Lipinski definition) is 7. The number of rotatable bonds is 7. The minimum absolute atomic E-state index is 0.0712. The molecule has 4 rings (SSSR count). The lowest BCUT2D eigenvalue weighted by atomic mass is 10.1. The highest BCUT2D eigenvalue weighted by molar-refractivity contribution is 6.42. The Hall–Kier alpha value is -2.82. The van der Waals surface area contributed by atoms with Crippen LogP contribution in [0, 0.1) is 0 Å². The van der Waals surface area contributed by atoms with Gasteiger partial charge in [0.15, 0.2) is 0 Å². The summed E-state index contributed by atoms with van der Waals surface area (Å²) in [7, 11) is 5.90. The largest absolute Gasteiger partial charge is 0.419 e. The SMILES string of the molecule is CN(C)CCN(C)c1nc2c(c(Nc3ccc(Cl)c(Cl)c3)n1)CCN(c1ncccc1C(F)(F)F)CC2. The first-order chi connectivity index (χ1) is 17.5. The molecular weight excluding hydrogens is 526 g/mol. The molecule has 7 nitrogen and oxygen atoms in total. The van der Waals surface area contributed by atoms with Crippen LogP contribution in [0.1, 0.15) is 16.8 Å². The third-order valence-corrected chi connectivity index (χ3v) is 6.87. The van der Waals surface area contributed by atoms with Crippen molar-refractivity contribution >= 4 is 46.5 Å². The van der Waals surface area contributed by atoms with Crippen LogP contribution in [0.2, 0.25) is 10.0 Å². The first kappa shape index (κ1) is 27.2. The molecular formula is C25H28Cl2F3N7. The van der Waals surface area contributed by atoms with E-state index in [1.807, 2.05) is 26.0 Å². The van der Waals surface area contributed by atoms with Crippen LogP contribution in [0.5, 0.6) is 0 Å². The molecule has 37 heavy (non-hydrogen) atoms. The van der Waals surface area contributed by atoms with Crippen LogP contribution in [0.25, 0.3) is 0 Å². The smallest absolute Gasteiger partial charge is 0.355 e. The van der Waals surface area contributed by atoms with Crippen molar-refractivity contribution in [1.82, 2.24) is 19.9 Å². The molecule has 0 saturated heterocycles. The summed E-state index contributed by atoms with van der Waals surface area (Å²) in [6.07, 6.45) is -2.23. The van der Waals surface area contributed by atoms with E-state index in [1.54, 1.807) is 23.1 Å². The topological polar surface area (TPSA) is 60.4 Å². The van der Waals surface area contributed by atoms with Crippen molar-refractivity contribution < 1.29 is 13.2 Å². The fraction of sp³-hybridized carbons (Fsp3) is 0.400. The number of anilines is 4. The molecule has 0 unspecified atom stereocenters. The molecule has 0 amide bonds. The van der Waals surface area contributed by atoms with E-state index in [2.05, 4.69) is 15.2 Å². The molecule has 1 aliphatic rings. The highest BCUT2D eigenvalue weighted by atomic mass is 35.5. The average molecular weight is 554 g/mol. The number of nitrogens with one attached hydrogen (secondary N) is 1. The molecule has 12 heteroatoms. The van der Waals surface area contributed by atoms with Gasteiger partial charge in [-0.3, -0.25) is 0 Å². The second kappa shape index (κ2) is 11.3. The zero-order valence-corrected chi connectivity index (χ0v) is 22.3. The van der Waals surface area contributed by atoms with Crippen LogP contribution in [-0.2, 0) is 19.0 Å². The van der Waals surface area contributed by atoms with Crippen LogP contribution in [0.3, 0.4) is 0 Å². The minimum atomic E-state index is -4.49. The molecule has 1 aromatic carbocycles. The predicted molar refractivity (Wildman–Crippen MR) is 142 cm³/mol. The number of pyridine rings is 1. The van der Waals surface area contributed by atoms with Crippen molar-refractivity contribution in [1.29, 1.82) is 0 Å². The van der Waals surface area contributed by atoms with E-state index in [4.69, 9.17) is 33.2 Å². The van der Waals surface area contributed by atoms with Crippen molar-refractivity contribution in [3.8, 4) is 0 Å². The third kappa shape index (κ3) is 6.55. The van der Waals surface area contributed by atoms with Gasteiger partial charge < -0.3 is 20.0 Å². The highest BCUT2D eigenvalue weighted by Gasteiger charge is 2.36. The molecule has 0 spiro atoms. The summed E-state index contributed by atoms with van der Waals surface area (Å²) >= 11 is 12.3. The van der Waals surface area contributed by atoms with Crippen LogP contribution >= 0.6 is 23.2 Å². The Labute approximate surface area is 224 Å². The molecule has 0 saturated carbocycles. The standard InChI is InChI=1S/C25H28Cl2F3N7/c1-35(2)13-14-36(3)24-33-21-9-12-37(23-18(25(28,29)30)5-4-10-31-23)11-8-17(21)22(34-24)32-16-6-7-19(26)20(27)15-16/h4-7,10,15H,8-9,11-14H2,1-3H3,(H,32,33,34). The van der Waals surface area contributed by atoms with Crippen molar-refractivity contribution in [3.05, 3.63) is 63.4 Å². The molecule has 0 bridgehead atoms. The van der Waals surface area contributed by atoms with Gasteiger partial charge in [-0.25, -0.2) is 9.97 Å². The van der Waals surface area contributed by atoms with Gasteiger partial charge in [0, 0.05) is 57.1 Å². The van der Waals surface area contributed by atoms with E-state index in [0.717, 1.165) is 23.9 Å². The Balaban J connectivity index is 1.69. The van der Waals surface area contributed by atoms with Gasteiger partial charge in [-0.2, -0.15) is 18.2 Å². The van der Waals surface area contributed by atoms with E-state index in [1.165, 1.54) is 12.3 Å². The summed E-state index contributed by atoms with van der Waals surface area (Å²) in [5.41, 5.74) is 1.59. The number of halogens is 5. The molecule has 0 atom stereocenters. The van der Waals surface area contributed by atoms with E-state index in [9.17, 15) is 13.2 Å². The molecule has 1 aliphatic heterocycles. The maximum atomic E-state index is 13.7. The van der Waals surface area contributed by atoms with E-state index >= 15 is 0 Å². The van der Waals surface area contributed by atoms with Crippen molar-refractivity contribution in [2.45, 2.75) is 19.0 Å². The Kier molecular flexibility index (Phi) is 8.30. The summed E-state index contributed by atoms with van der Waals surface area (Å²) in [5.74, 6) is 1.05. The lowest BCUT2D eigenvalue weighted by Crippen LogP contribution is -2.30.